The molecule has 21 heavy (non-hydrogen) atoms. The predicted molar refractivity (Wildman–Crippen MR) is 74.0 cm³/mol. The molecule has 0 amide bonds. The SMILES string of the molecule is CCOC(=O)c1nc2ccccc2c(=O)n1CC(=O)OC. The number of carbonyl (C=O) groups is 2. The number of hydrogen-bond donors (Lipinski definition) is 0. The third-order valence-corrected chi connectivity index (χ3v) is 2.83. The first kappa shape index (κ1) is 14.7. The molecule has 0 fully saturated rings. The number of esters is 2. The Labute approximate surface area is 120 Å². The molecule has 0 spiro atoms. The quantitative estimate of drug-likeness (QED) is 0.772. The standard InChI is InChI=1S/C14H14N2O5/c1-3-21-14(19)12-15-10-7-5-4-6-9(10)13(18)16(12)8-11(17)20-2/h4-7H,3,8H2,1-2H3. The van der Waals surface area contributed by atoms with Crippen LogP contribution in [0.2, 0.25) is 0 Å². The maximum atomic E-state index is 12.4. The van der Waals surface area contributed by atoms with E-state index in [4.69, 9.17) is 4.74 Å². The lowest BCUT2D eigenvalue weighted by atomic mass is 10.2. The molecule has 7 heteroatoms. The molecule has 0 saturated heterocycles. The zero-order valence-corrected chi connectivity index (χ0v) is 11.7. The van der Waals surface area contributed by atoms with Crippen LogP contribution in [0.5, 0.6) is 0 Å². The maximum absolute atomic E-state index is 12.4. The molecule has 0 aliphatic rings. The summed E-state index contributed by atoms with van der Waals surface area (Å²) < 4.78 is 10.4. The van der Waals surface area contributed by atoms with Gasteiger partial charge in [-0.2, -0.15) is 0 Å². The van der Waals surface area contributed by atoms with Crippen LogP contribution in [0, 0.1) is 0 Å². The number of rotatable bonds is 4. The van der Waals surface area contributed by atoms with E-state index < -0.39 is 24.0 Å². The summed E-state index contributed by atoms with van der Waals surface area (Å²) in [6, 6.07) is 6.57. The van der Waals surface area contributed by atoms with E-state index in [9.17, 15) is 14.4 Å². The van der Waals surface area contributed by atoms with E-state index in [0.29, 0.717) is 10.9 Å². The highest BCUT2D eigenvalue weighted by Crippen LogP contribution is 2.09. The lowest BCUT2D eigenvalue weighted by Crippen LogP contribution is -2.31. The molecule has 0 atom stereocenters. The molecule has 0 radical (unpaired) electrons. The molecular weight excluding hydrogens is 276 g/mol. The minimum Gasteiger partial charge on any atom is -0.468 e. The first-order valence-corrected chi connectivity index (χ1v) is 6.32. The summed E-state index contributed by atoms with van der Waals surface area (Å²) in [5.74, 6) is -1.63. The topological polar surface area (TPSA) is 87.5 Å². The van der Waals surface area contributed by atoms with Crippen molar-refractivity contribution >= 4 is 22.8 Å². The molecule has 1 aromatic heterocycles. The van der Waals surface area contributed by atoms with Gasteiger partial charge in [0.2, 0.25) is 5.82 Å². The zero-order chi connectivity index (χ0) is 15.4. The molecule has 110 valence electrons. The van der Waals surface area contributed by atoms with Crippen LogP contribution in [-0.2, 0) is 20.8 Å². The lowest BCUT2D eigenvalue weighted by Gasteiger charge is -2.11. The number of nitrogens with zero attached hydrogens (tertiary/aromatic N) is 2. The highest BCUT2D eigenvalue weighted by molar-refractivity contribution is 5.89. The van der Waals surface area contributed by atoms with Crippen molar-refractivity contribution in [2.24, 2.45) is 0 Å². The average molecular weight is 290 g/mol. The second kappa shape index (κ2) is 6.17. The lowest BCUT2D eigenvalue weighted by molar-refractivity contribution is -0.141. The van der Waals surface area contributed by atoms with Crippen LogP contribution in [0.25, 0.3) is 10.9 Å². The van der Waals surface area contributed by atoms with Gasteiger partial charge >= 0.3 is 11.9 Å². The number of fused-ring (bicyclic) bond motifs is 1. The fourth-order valence-electron chi connectivity index (χ4n) is 1.86. The minimum absolute atomic E-state index is 0.139. The molecule has 0 aliphatic heterocycles. The van der Waals surface area contributed by atoms with Crippen LogP contribution in [0.15, 0.2) is 29.1 Å². The summed E-state index contributed by atoms with van der Waals surface area (Å²) >= 11 is 0. The van der Waals surface area contributed by atoms with Gasteiger partial charge in [0.1, 0.15) is 6.54 Å². The van der Waals surface area contributed by atoms with Gasteiger partial charge in [0.25, 0.3) is 5.56 Å². The Kier molecular flexibility index (Phi) is 4.32. The van der Waals surface area contributed by atoms with Gasteiger partial charge in [0.05, 0.1) is 24.6 Å². The van der Waals surface area contributed by atoms with E-state index >= 15 is 0 Å². The second-order valence-corrected chi connectivity index (χ2v) is 4.14. The van der Waals surface area contributed by atoms with Crippen LogP contribution in [0.4, 0.5) is 0 Å². The van der Waals surface area contributed by atoms with E-state index in [1.165, 1.54) is 7.11 Å². The number of hydrogen-bond acceptors (Lipinski definition) is 6. The van der Waals surface area contributed by atoms with E-state index in [-0.39, 0.29) is 12.4 Å². The molecule has 0 N–H and O–H groups in total. The molecule has 2 rings (SSSR count). The fourth-order valence-corrected chi connectivity index (χ4v) is 1.86. The van der Waals surface area contributed by atoms with Gasteiger partial charge in [-0.05, 0) is 19.1 Å². The monoisotopic (exact) mass is 290 g/mol. The summed E-state index contributed by atoms with van der Waals surface area (Å²) in [4.78, 5) is 39.9. The van der Waals surface area contributed by atoms with E-state index in [0.717, 1.165) is 4.57 Å². The molecule has 1 heterocycles. The van der Waals surface area contributed by atoms with Crippen molar-refractivity contribution in [3.63, 3.8) is 0 Å². The molecule has 7 nitrogen and oxygen atoms in total. The minimum atomic E-state index is -0.760. The van der Waals surface area contributed by atoms with Gasteiger partial charge in [-0.25, -0.2) is 9.78 Å². The van der Waals surface area contributed by atoms with Crippen molar-refractivity contribution in [2.45, 2.75) is 13.5 Å². The van der Waals surface area contributed by atoms with Crippen molar-refractivity contribution in [1.29, 1.82) is 0 Å². The van der Waals surface area contributed by atoms with Gasteiger partial charge in [0.15, 0.2) is 0 Å². The summed E-state index contributed by atoms with van der Waals surface area (Å²) in [7, 11) is 1.20. The van der Waals surface area contributed by atoms with E-state index in [2.05, 4.69) is 9.72 Å². The Bertz CT molecular complexity index is 751. The normalized spacial score (nSPS) is 10.4. The van der Waals surface area contributed by atoms with Crippen LogP contribution in [0.3, 0.4) is 0 Å². The van der Waals surface area contributed by atoms with E-state index in [1.54, 1.807) is 31.2 Å². The third kappa shape index (κ3) is 2.91. The van der Waals surface area contributed by atoms with Crippen LogP contribution >= 0.6 is 0 Å². The average Bonchev–Trinajstić information content (AvgIpc) is 2.50. The largest absolute Gasteiger partial charge is 0.468 e. The number of carbonyl (C=O) groups excluding carboxylic acids is 2. The Morgan fingerprint density at radius 2 is 2.00 bits per heavy atom. The molecule has 0 unspecified atom stereocenters. The first-order valence-electron chi connectivity index (χ1n) is 6.32. The summed E-state index contributed by atoms with van der Waals surface area (Å²) in [5.41, 5.74) is -0.124. The van der Waals surface area contributed by atoms with Gasteiger partial charge in [-0.3, -0.25) is 14.2 Å². The Balaban J connectivity index is 2.68. The van der Waals surface area contributed by atoms with Gasteiger partial charge < -0.3 is 9.47 Å². The van der Waals surface area contributed by atoms with Crippen molar-refractivity contribution in [3.8, 4) is 0 Å². The van der Waals surface area contributed by atoms with Crippen LogP contribution < -0.4 is 5.56 Å². The summed E-state index contributed by atoms with van der Waals surface area (Å²) in [6.45, 7) is 1.38. The molecule has 0 aliphatic carbocycles. The fraction of sp³-hybridized carbons (Fsp3) is 0.286. The molecule has 2 aromatic rings. The van der Waals surface area contributed by atoms with Crippen LogP contribution in [-0.4, -0.2) is 35.2 Å². The Hall–Kier alpha value is -2.70. The first-order chi connectivity index (χ1) is 10.1. The van der Waals surface area contributed by atoms with Gasteiger partial charge in [-0.1, -0.05) is 12.1 Å². The van der Waals surface area contributed by atoms with E-state index in [1.807, 2.05) is 0 Å². The summed E-state index contributed by atoms with van der Waals surface area (Å²) in [5, 5.41) is 0.314. The van der Waals surface area contributed by atoms with Crippen molar-refractivity contribution in [1.82, 2.24) is 9.55 Å². The van der Waals surface area contributed by atoms with Crippen molar-refractivity contribution < 1.29 is 19.1 Å². The highest BCUT2D eigenvalue weighted by atomic mass is 16.5. The van der Waals surface area contributed by atoms with Gasteiger partial charge in [0, 0.05) is 0 Å². The summed E-state index contributed by atoms with van der Waals surface area (Å²) in [6.07, 6.45) is 0. The number of aromatic nitrogens is 2. The molecule has 1 aromatic carbocycles. The highest BCUT2D eigenvalue weighted by Gasteiger charge is 2.20. The second-order valence-electron chi connectivity index (χ2n) is 4.14. The number of benzene rings is 1. The Morgan fingerprint density at radius 1 is 1.29 bits per heavy atom. The predicted octanol–water partition coefficient (Wildman–Crippen LogP) is 0.746. The van der Waals surface area contributed by atoms with Crippen molar-refractivity contribution in [3.05, 3.63) is 40.4 Å². The maximum Gasteiger partial charge on any atom is 0.374 e. The molecular formula is C14H14N2O5. The number of ether oxygens (including phenoxy) is 2. The van der Waals surface area contributed by atoms with Crippen molar-refractivity contribution in [2.75, 3.05) is 13.7 Å². The number of methoxy groups -OCH3 is 1. The number of para-hydroxylation sites is 1. The zero-order valence-electron chi connectivity index (χ0n) is 11.7. The smallest absolute Gasteiger partial charge is 0.374 e. The molecule has 0 saturated carbocycles. The van der Waals surface area contributed by atoms with Gasteiger partial charge in [-0.15, -0.1) is 0 Å². The Morgan fingerprint density at radius 3 is 2.67 bits per heavy atom. The molecule has 0 bridgehead atoms. The third-order valence-electron chi connectivity index (χ3n) is 2.83. The van der Waals surface area contributed by atoms with Crippen LogP contribution in [0.1, 0.15) is 17.5 Å².